The summed E-state index contributed by atoms with van der Waals surface area (Å²) < 4.78 is 40.2. The first-order valence-corrected chi connectivity index (χ1v) is 8.30. The van der Waals surface area contributed by atoms with Crippen molar-refractivity contribution in [3.63, 3.8) is 0 Å². The van der Waals surface area contributed by atoms with E-state index in [-0.39, 0.29) is 29.3 Å². The number of nitrogens with two attached hydrogens (primary N) is 1. The smallest absolute Gasteiger partial charge is 0.243 e. The molecule has 2 N–H and O–H groups in total. The molecule has 0 saturated carbocycles. The molecular weight excluding hydrogens is 315 g/mol. The lowest BCUT2D eigenvalue weighted by Crippen LogP contribution is -2.51. The van der Waals surface area contributed by atoms with Gasteiger partial charge in [0.25, 0.3) is 0 Å². The van der Waals surface area contributed by atoms with Gasteiger partial charge in [-0.15, -0.1) is 12.4 Å². The second kappa shape index (κ2) is 7.05. The van der Waals surface area contributed by atoms with Gasteiger partial charge in [-0.05, 0) is 49.4 Å². The van der Waals surface area contributed by atoms with Gasteiger partial charge in [0.1, 0.15) is 5.82 Å². The van der Waals surface area contributed by atoms with E-state index in [4.69, 9.17) is 5.73 Å². The molecule has 1 fully saturated rings. The highest BCUT2D eigenvalue weighted by atomic mass is 35.5. The van der Waals surface area contributed by atoms with Crippen molar-refractivity contribution in [2.75, 3.05) is 13.1 Å². The average molecular weight is 337 g/mol. The summed E-state index contributed by atoms with van der Waals surface area (Å²) in [6.07, 6.45) is 1.81. The molecule has 0 radical (unpaired) electrons. The summed E-state index contributed by atoms with van der Waals surface area (Å²) in [5.74, 6) is -0.187. The first kappa shape index (κ1) is 18.4. The molecule has 2 rings (SSSR count). The molecule has 1 aromatic carbocycles. The van der Waals surface area contributed by atoms with E-state index in [0.29, 0.717) is 18.7 Å². The largest absolute Gasteiger partial charge is 0.329 e. The van der Waals surface area contributed by atoms with E-state index >= 15 is 0 Å². The van der Waals surface area contributed by atoms with Crippen LogP contribution in [0.3, 0.4) is 0 Å². The van der Waals surface area contributed by atoms with E-state index in [1.54, 1.807) is 6.92 Å². The van der Waals surface area contributed by atoms with E-state index in [1.165, 1.54) is 22.5 Å². The molecule has 0 bridgehead atoms. The maximum atomic E-state index is 13.2. The Morgan fingerprint density at radius 2 is 2.10 bits per heavy atom. The number of hydrogen-bond donors (Lipinski definition) is 1. The van der Waals surface area contributed by atoms with Crippen LogP contribution < -0.4 is 5.73 Å². The third-order valence-electron chi connectivity index (χ3n) is 4.03. The number of sulfonamides is 1. The summed E-state index contributed by atoms with van der Waals surface area (Å²) in [6.45, 7) is 4.42. The maximum Gasteiger partial charge on any atom is 0.243 e. The number of halogens is 2. The van der Waals surface area contributed by atoms with Crippen LogP contribution >= 0.6 is 12.4 Å². The Bertz CT molecular complexity index is 595. The molecule has 2 atom stereocenters. The third-order valence-corrected chi connectivity index (χ3v) is 6.11. The van der Waals surface area contributed by atoms with Gasteiger partial charge in [0.05, 0.1) is 4.90 Å². The highest BCUT2D eigenvalue weighted by molar-refractivity contribution is 7.89. The minimum absolute atomic E-state index is 0. The standard InChI is InChI=1S/C14H21FN2O2S.ClH/c1-10-4-3-7-17(13(10)9-16)20(18,19)14-6-5-12(15)8-11(14)2;/h5-6,8,10,13H,3-4,7,9,16H2,1-2H3;1H. The van der Waals surface area contributed by atoms with Gasteiger partial charge in [-0.3, -0.25) is 0 Å². The Morgan fingerprint density at radius 1 is 1.43 bits per heavy atom. The predicted octanol–water partition coefficient (Wildman–Crippen LogP) is 2.30. The number of hydrogen-bond acceptors (Lipinski definition) is 3. The van der Waals surface area contributed by atoms with Crippen LogP contribution in [-0.4, -0.2) is 31.9 Å². The van der Waals surface area contributed by atoms with Gasteiger partial charge < -0.3 is 5.73 Å². The fourth-order valence-corrected chi connectivity index (χ4v) is 4.87. The summed E-state index contributed by atoms with van der Waals surface area (Å²) in [7, 11) is -3.62. The Hall–Kier alpha value is -0.690. The maximum absolute atomic E-state index is 13.2. The molecule has 0 aliphatic carbocycles. The van der Waals surface area contributed by atoms with Crippen LogP contribution in [0.25, 0.3) is 0 Å². The second-order valence-corrected chi connectivity index (χ2v) is 7.31. The van der Waals surface area contributed by atoms with Gasteiger partial charge >= 0.3 is 0 Å². The number of rotatable bonds is 3. The zero-order chi connectivity index (χ0) is 14.9. The first-order chi connectivity index (χ1) is 9.37. The van der Waals surface area contributed by atoms with Crippen molar-refractivity contribution >= 4 is 22.4 Å². The molecule has 2 unspecified atom stereocenters. The highest BCUT2D eigenvalue weighted by Gasteiger charge is 2.36. The van der Waals surface area contributed by atoms with Gasteiger partial charge in [0.15, 0.2) is 0 Å². The van der Waals surface area contributed by atoms with Crippen molar-refractivity contribution in [1.29, 1.82) is 0 Å². The number of nitrogens with zero attached hydrogens (tertiary/aromatic N) is 1. The van der Waals surface area contributed by atoms with Crippen molar-refractivity contribution in [2.45, 2.75) is 37.6 Å². The lowest BCUT2D eigenvalue weighted by atomic mass is 9.93. The van der Waals surface area contributed by atoms with Crippen LogP contribution in [-0.2, 0) is 10.0 Å². The lowest BCUT2D eigenvalue weighted by Gasteiger charge is -2.38. The molecule has 0 amide bonds. The Kier molecular flexibility index (Phi) is 6.16. The van der Waals surface area contributed by atoms with Gasteiger partial charge in [-0.1, -0.05) is 6.92 Å². The SMILES string of the molecule is Cc1cc(F)ccc1S(=O)(=O)N1CCCC(C)C1CN.Cl. The van der Waals surface area contributed by atoms with E-state index in [0.717, 1.165) is 12.8 Å². The van der Waals surface area contributed by atoms with Crippen molar-refractivity contribution < 1.29 is 12.8 Å². The molecule has 1 aromatic rings. The molecule has 1 aliphatic heterocycles. The zero-order valence-electron chi connectivity index (χ0n) is 12.3. The fourth-order valence-electron chi connectivity index (χ4n) is 2.89. The molecular formula is C14H22ClFN2O2S. The summed E-state index contributed by atoms with van der Waals surface area (Å²) in [5, 5.41) is 0. The van der Waals surface area contributed by atoms with Crippen molar-refractivity contribution in [2.24, 2.45) is 11.7 Å². The highest BCUT2D eigenvalue weighted by Crippen LogP contribution is 2.30. The Morgan fingerprint density at radius 3 is 2.67 bits per heavy atom. The number of piperidine rings is 1. The van der Waals surface area contributed by atoms with E-state index in [9.17, 15) is 12.8 Å². The van der Waals surface area contributed by atoms with E-state index in [2.05, 4.69) is 0 Å². The third kappa shape index (κ3) is 3.56. The monoisotopic (exact) mass is 336 g/mol. The van der Waals surface area contributed by atoms with Gasteiger partial charge in [-0.2, -0.15) is 4.31 Å². The van der Waals surface area contributed by atoms with Crippen molar-refractivity contribution in [3.8, 4) is 0 Å². The van der Waals surface area contributed by atoms with Crippen molar-refractivity contribution in [3.05, 3.63) is 29.6 Å². The quantitative estimate of drug-likeness (QED) is 0.921. The molecule has 4 nitrogen and oxygen atoms in total. The Balaban J connectivity index is 0.00000220. The zero-order valence-corrected chi connectivity index (χ0v) is 13.9. The van der Waals surface area contributed by atoms with E-state index < -0.39 is 15.8 Å². The summed E-state index contributed by atoms with van der Waals surface area (Å²) in [5.41, 5.74) is 6.18. The molecule has 120 valence electrons. The minimum atomic E-state index is -3.62. The summed E-state index contributed by atoms with van der Waals surface area (Å²) in [4.78, 5) is 0.173. The topological polar surface area (TPSA) is 63.4 Å². The van der Waals surface area contributed by atoms with Crippen LogP contribution in [0.1, 0.15) is 25.3 Å². The molecule has 1 aliphatic rings. The van der Waals surface area contributed by atoms with Crippen molar-refractivity contribution in [1.82, 2.24) is 4.31 Å². The molecule has 1 heterocycles. The predicted molar refractivity (Wildman–Crippen MR) is 83.5 cm³/mol. The average Bonchev–Trinajstić information content (AvgIpc) is 2.37. The van der Waals surface area contributed by atoms with Crippen LogP contribution in [0.5, 0.6) is 0 Å². The van der Waals surface area contributed by atoms with Crippen LogP contribution in [0.2, 0.25) is 0 Å². The van der Waals surface area contributed by atoms with Gasteiger partial charge in [-0.25, -0.2) is 12.8 Å². The Labute approximate surface area is 132 Å². The summed E-state index contributed by atoms with van der Waals surface area (Å²) >= 11 is 0. The van der Waals surface area contributed by atoms with Crippen LogP contribution in [0.4, 0.5) is 4.39 Å². The minimum Gasteiger partial charge on any atom is -0.329 e. The first-order valence-electron chi connectivity index (χ1n) is 6.86. The molecule has 0 aromatic heterocycles. The second-order valence-electron chi connectivity index (χ2n) is 5.45. The lowest BCUT2D eigenvalue weighted by molar-refractivity contribution is 0.192. The normalized spacial score (nSPS) is 23.6. The molecule has 1 saturated heterocycles. The molecule has 7 heteroatoms. The van der Waals surface area contributed by atoms with Gasteiger partial charge in [0, 0.05) is 19.1 Å². The van der Waals surface area contributed by atoms with Crippen LogP contribution in [0, 0.1) is 18.7 Å². The number of benzene rings is 1. The van der Waals surface area contributed by atoms with Crippen LogP contribution in [0.15, 0.2) is 23.1 Å². The molecule has 0 spiro atoms. The van der Waals surface area contributed by atoms with Gasteiger partial charge in [0.2, 0.25) is 10.0 Å². The van der Waals surface area contributed by atoms with E-state index in [1.807, 2.05) is 6.92 Å². The number of aryl methyl sites for hydroxylation is 1. The molecule has 21 heavy (non-hydrogen) atoms. The summed E-state index contributed by atoms with van der Waals surface area (Å²) in [6, 6.07) is 3.59. The fraction of sp³-hybridized carbons (Fsp3) is 0.571.